The number of hydrogen-bond donors (Lipinski definition) is 3. The number of aryl methyl sites for hydroxylation is 1. The average molecular weight is 363 g/mol. The summed E-state index contributed by atoms with van der Waals surface area (Å²) in [6.45, 7) is 2.44. The summed E-state index contributed by atoms with van der Waals surface area (Å²) in [5.41, 5.74) is 3.03. The van der Waals surface area contributed by atoms with Crippen molar-refractivity contribution in [2.75, 3.05) is 17.2 Å². The summed E-state index contributed by atoms with van der Waals surface area (Å²) in [7, 11) is 0. The summed E-state index contributed by atoms with van der Waals surface area (Å²) in [4.78, 5) is 24.4. The molecule has 0 saturated heterocycles. The standard InChI is InChI=1S/C21H21N3O3/c1-15-5-2-7-17(11-15)22-14-20(25)24-18-8-3-6-16(12-18)21(26)23-13-19-9-4-10-27-19/h2-12,22H,13-14H2,1H3,(H,23,26)(H,24,25). The maximum atomic E-state index is 12.2. The smallest absolute Gasteiger partial charge is 0.251 e. The molecule has 0 aliphatic carbocycles. The van der Waals surface area contributed by atoms with Gasteiger partial charge in [0.2, 0.25) is 5.91 Å². The number of nitrogens with one attached hydrogen (secondary N) is 3. The van der Waals surface area contributed by atoms with Crippen molar-refractivity contribution in [3.8, 4) is 0 Å². The van der Waals surface area contributed by atoms with Crippen LogP contribution in [0.4, 0.5) is 11.4 Å². The third-order valence-corrected chi connectivity index (χ3v) is 3.88. The van der Waals surface area contributed by atoms with E-state index in [9.17, 15) is 9.59 Å². The van der Waals surface area contributed by atoms with Gasteiger partial charge in [-0.15, -0.1) is 0 Å². The van der Waals surface area contributed by atoms with Crippen molar-refractivity contribution >= 4 is 23.2 Å². The van der Waals surface area contributed by atoms with Crippen molar-refractivity contribution in [1.29, 1.82) is 0 Å². The van der Waals surface area contributed by atoms with Gasteiger partial charge >= 0.3 is 0 Å². The molecule has 0 aliphatic heterocycles. The highest BCUT2D eigenvalue weighted by Gasteiger charge is 2.08. The largest absolute Gasteiger partial charge is 0.467 e. The molecule has 0 saturated carbocycles. The quantitative estimate of drug-likeness (QED) is 0.599. The minimum atomic E-state index is -0.236. The van der Waals surface area contributed by atoms with E-state index in [-0.39, 0.29) is 18.4 Å². The predicted molar refractivity (Wildman–Crippen MR) is 105 cm³/mol. The number of benzene rings is 2. The van der Waals surface area contributed by atoms with Crippen LogP contribution < -0.4 is 16.0 Å². The fourth-order valence-electron chi connectivity index (χ4n) is 2.56. The van der Waals surface area contributed by atoms with Gasteiger partial charge in [-0.1, -0.05) is 18.2 Å². The first-order valence-corrected chi connectivity index (χ1v) is 8.61. The molecule has 6 nitrogen and oxygen atoms in total. The van der Waals surface area contributed by atoms with Gasteiger partial charge in [-0.3, -0.25) is 9.59 Å². The van der Waals surface area contributed by atoms with E-state index in [1.165, 1.54) is 0 Å². The van der Waals surface area contributed by atoms with Crippen LogP contribution >= 0.6 is 0 Å². The third-order valence-electron chi connectivity index (χ3n) is 3.88. The van der Waals surface area contributed by atoms with Crippen LogP contribution in [0.2, 0.25) is 0 Å². The topological polar surface area (TPSA) is 83.4 Å². The Morgan fingerprint density at radius 1 is 0.963 bits per heavy atom. The summed E-state index contributed by atoms with van der Waals surface area (Å²) in [6.07, 6.45) is 1.56. The van der Waals surface area contributed by atoms with Gasteiger partial charge in [0, 0.05) is 16.9 Å². The van der Waals surface area contributed by atoms with Gasteiger partial charge in [0.25, 0.3) is 5.91 Å². The van der Waals surface area contributed by atoms with Crippen LogP contribution in [0.25, 0.3) is 0 Å². The van der Waals surface area contributed by atoms with Gasteiger partial charge in [-0.25, -0.2) is 0 Å². The molecule has 2 aromatic carbocycles. The minimum absolute atomic E-state index is 0.137. The number of carbonyl (C=O) groups is 2. The van der Waals surface area contributed by atoms with E-state index in [0.29, 0.717) is 23.6 Å². The average Bonchev–Trinajstić information content (AvgIpc) is 3.18. The highest BCUT2D eigenvalue weighted by atomic mass is 16.3. The maximum Gasteiger partial charge on any atom is 0.251 e. The predicted octanol–water partition coefficient (Wildman–Crippen LogP) is 3.57. The molecule has 0 spiro atoms. The van der Waals surface area contributed by atoms with Gasteiger partial charge in [-0.2, -0.15) is 0 Å². The minimum Gasteiger partial charge on any atom is -0.467 e. The summed E-state index contributed by atoms with van der Waals surface area (Å²) in [6, 6.07) is 18.2. The second-order valence-electron chi connectivity index (χ2n) is 6.11. The Morgan fingerprint density at radius 3 is 2.56 bits per heavy atom. The molecule has 3 aromatic rings. The first-order chi connectivity index (χ1) is 13.1. The highest BCUT2D eigenvalue weighted by Crippen LogP contribution is 2.12. The molecule has 3 N–H and O–H groups in total. The molecule has 0 bridgehead atoms. The van der Waals surface area contributed by atoms with Crippen LogP contribution in [0.15, 0.2) is 71.3 Å². The Balaban J connectivity index is 1.53. The Bertz CT molecular complexity index is 920. The normalized spacial score (nSPS) is 10.3. The molecule has 2 amide bonds. The number of rotatable bonds is 7. The van der Waals surface area contributed by atoms with Crippen LogP contribution in [-0.2, 0) is 11.3 Å². The SMILES string of the molecule is Cc1cccc(NCC(=O)Nc2cccc(C(=O)NCc3ccco3)c2)c1. The molecule has 0 radical (unpaired) electrons. The summed E-state index contributed by atoms with van der Waals surface area (Å²) >= 11 is 0. The Hall–Kier alpha value is -3.54. The molecule has 0 unspecified atom stereocenters. The van der Waals surface area contributed by atoms with Gasteiger partial charge < -0.3 is 20.4 Å². The molecule has 1 aromatic heterocycles. The first-order valence-electron chi connectivity index (χ1n) is 8.61. The molecule has 6 heteroatoms. The molecule has 3 rings (SSSR count). The lowest BCUT2D eigenvalue weighted by atomic mass is 10.2. The Morgan fingerprint density at radius 2 is 1.78 bits per heavy atom. The number of amides is 2. The van der Waals surface area contributed by atoms with Crippen molar-refractivity contribution < 1.29 is 14.0 Å². The molecule has 27 heavy (non-hydrogen) atoms. The summed E-state index contributed by atoms with van der Waals surface area (Å²) in [5.74, 6) is 0.250. The van der Waals surface area contributed by atoms with Gasteiger partial charge in [-0.05, 0) is 55.0 Å². The van der Waals surface area contributed by atoms with E-state index in [4.69, 9.17) is 4.42 Å². The maximum absolute atomic E-state index is 12.2. The molecule has 0 atom stereocenters. The summed E-state index contributed by atoms with van der Waals surface area (Å²) in [5, 5.41) is 8.64. The molecule has 0 aliphatic rings. The van der Waals surface area contributed by atoms with Crippen LogP contribution in [0.3, 0.4) is 0 Å². The molecule has 1 heterocycles. The van der Waals surface area contributed by atoms with E-state index in [0.717, 1.165) is 11.3 Å². The second-order valence-corrected chi connectivity index (χ2v) is 6.11. The fourth-order valence-corrected chi connectivity index (χ4v) is 2.56. The lowest BCUT2D eigenvalue weighted by Gasteiger charge is -2.10. The number of hydrogen-bond acceptors (Lipinski definition) is 4. The zero-order chi connectivity index (χ0) is 19.1. The van der Waals surface area contributed by atoms with Gasteiger partial charge in [0.05, 0.1) is 19.4 Å². The fraction of sp³-hybridized carbons (Fsp3) is 0.143. The van der Waals surface area contributed by atoms with E-state index in [2.05, 4.69) is 16.0 Å². The van der Waals surface area contributed by atoms with Crippen molar-refractivity contribution in [2.24, 2.45) is 0 Å². The molecular weight excluding hydrogens is 342 g/mol. The van der Waals surface area contributed by atoms with E-state index in [1.54, 1.807) is 42.7 Å². The van der Waals surface area contributed by atoms with Crippen molar-refractivity contribution in [1.82, 2.24) is 5.32 Å². The zero-order valence-electron chi connectivity index (χ0n) is 15.0. The Kier molecular flexibility index (Phi) is 5.89. The highest BCUT2D eigenvalue weighted by molar-refractivity contribution is 5.98. The van der Waals surface area contributed by atoms with Gasteiger partial charge in [0.15, 0.2) is 0 Å². The third kappa shape index (κ3) is 5.47. The van der Waals surface area contributed by atoms with Crippen molar-refractivity contribution in [3.63, 3.8) is 0 Å². The first kappa shape index (κ1) is 18.3. The lowest BCUT2D eigenvalue weighted by Crippen LogP contribution is -2.24. The summed E-state index contributed by atoms with van der Waals surface area (Å²) < 4.78 is 5.19. The van der Waals surface area contributed by atoms with Gasteiger partial charge in [0.1, 0.15) is 5.76 Å². The van der Waals surface area contributed by atoms with E-state index in [1.807, 2.05) is 31.2 Å². The van der Waals surface area contributed by atoms with Crippen LogP contribution in [-0.4, -0.2) is 18.4 Å². The van der Waals surface area contributed by atoms with E-state index < -0.39 is 0 Å². The number of carbonyl (C=O) groups excluding carboxylic acids is 2. The van der Waals surface area contributed by atoms with E-state index >= 15 is 0 Å². The number of anilines is 2. The Labute approximate surface area is 157 Å². The molecule has 0 fully saturated rings. The van der Waals surface area contributed by atoms with Crippen LogP contribution in [0.1, 0.15) is 21.7 Å². The second kappa shape index (κ2) is 8.71. The van der Waals surface area contributed by atoms with Crippen molar-refractivity contribution in [2.45, 2.75) is 13.5 Å². The van der Waals surface area contributed by atoms with Crippen LogP contribution in [0.5, 0.6) is 0 Å². The number of furan rings is 1. The van der Waals surface area contributed by atoms with Crippen LogP contribution in [0, 0.1) is 6.92 Å². The monoisotopic (exact) mass is 363 g/mol. The molecule has 138 valence electrons. The molecular formula is C21H21N3O3. The van der Waals surface area contributed by atoms with Crippen molar-refractivity contribution in [3.05, 3.63) is 83.8 Å². The lowest BCUT2D eigenvalue weighted by molar-refractivity contribution is -0.114. The zero-order valence-corrected chi connectivity index (χ0v) is 15.0.